The zero-order valence-electron chi connectivity index (χ0n) is 33.7. The van der Waals surface area contributed by atoms with E-state index in [4.69, 9.17) is 34.9 Å². The average molecular weight is 794 g/mol. The standard InChI is InChI=1S/C49H47N9O2/c1-2-37-13-19-40(20-14-37)49-53-47(11-7-3-5-9-33-59-45-29-25-43(26-30-45)57-55-41-21-15-38(35-50)16-22-41)52-48(54-49)12-8-4-6-10-34-60-46-31-27-44(28-32-46)58-56-42-23-17-39(36-51)18-24-42/h2,13-32H,1,3-12,33-34H2. The molecule has 60 heavy (non-hydrogen) atoms. The molecule has 300 valence electrons. The maximum Gasteiger partial charge on any atom is 0.163 e. The topological polar surface area (TPSA) is 154 Å². The van der Waals surface area contributed by atoms with E-state index < -0.39 is 0 Å². The maximum atomic E-state index is 8.95. The summed E-state index contributed by atoms with van der Waals surface area (Å²) in [6, 6.07) is 41.5. The largest absolute Gasteiger partial charge is 0.494 e. The van der Waals surface area contributed by atoms with Crippen molar-refractivity contribution in [3.63, 3.8) is 0 Å². The van der Waals surface area contributed by atoms with Crippen LogP contribution in [0.4, 0.5) is 22.7 Å². The second kappa shape index (κ2) is 23.1. The monoisotopic (exact) mass is 793 g/mol. The lowest BCUT2D eigenvalue weighted by Gasteiger charge is -2.09. The van der Waals surface area contributed by atoms with Gasteiger partial charge in [-0.25, -0.2) is 15.0 Å². The van der Waals surface area contributed by atoms with Crippen molar-refractivity contribution in [2.24, 2.45) is 20.5 Å². The SMILES string of the molecule is C=Cc1ccc(-c2nc(CCCCCCOc3ccc(N=Nc4ccc(C#N)cc4)cc3)nc(CCCCCCOc3ccc(N=Nc4ccc(C#N)cc4)cc3)n2)cc1. The lowest BCUT2D eigenvalue weighted by atomic mass is 10.1. The Labute approximate surface area is 351 Å². The van der Waals surface area contributed by atoms with Gasteiger partial charge in [0.2, 0.25) is 0 Å². The predicted octanol–water partition coefficient (Wildman–Crippen LogP) is 13.1. The minimum atomic E-state index is 0.592. The lowest BCUT2D eigenvalue weighted by Crippen LogP contribution is -2.06. The van der Waals surface area contributed by atoms with E-state index >= 15 is 0 Å². The van der Waals surface area contributed by atoms with Gasteiger partial charge in [-0.15, -0.1) is 0 Å². The van der Waals surface area contributed by atoms with Crippen LogP contribution in [0.25, 0.3) is 17.5 Å². The molecule has 6 rings (SSSR count). The summed E-state index contributed by atoms with van der Waals surface area (Å²) in [4.78, 5) is 14.6. The van der Waals surface area contributed by atoms with Gasteiger partial charge < -0.3 is 9.47 Å². The van der Waals surface area contributed by atoms with E-state index in [9.17, 15) is 0 Å². The third-order valence-corrected chi connectivity index (χ3v) is 9.49. The molecule has 0 saturated heterocycles. The quantitative estimate of drug-likeness (QED) is 0.0489. The van der Waals surface area contributed by atoms with Crippen molar-refractivity contribution in [2.45, 2.75) is 64.2 Å². The van der Waals surface area contributed by atoms with Gasteiger partial charge in [-0.3, -0.25) is 0 Å². The van der Waals surface area contributed by atoms with Crippen molar-refractivity contribution >= 4 is 28.8 Å². The summed E-state index contributed by atoms with van der Waals surface area (Å²) in [6.45, 7) is 5.16. The number of ether oxygens (including phenoxy) is 2. The number of azo groups is 2. The Morgan fingerprint density at radius 1 is 0.467 bits per heavy atom. The average Bonchev–Trinajstić information content (AvgIpc) is 3.30. The first-order chi connectivity index (χ1) is 29.6. The maximum absolute atomic E-state index is 8.95. The zero-order chi connectivity index (χ0) is 41.6. The lowest BCUT2D eigenvalue weighted by molar-refractivity contribution is 0.304. The molecular formula is C49H47N9O2. The summed E-state index contributed by atoms with van der Waals surface area (Å²) in [5, 5.41) is 34.9. The van der Waals surface area contributed by atoms with Crippen molar-refractivity contribution in [3.05, 3.63) is 156 Å². The Balaban J connectivity index is 0.894. The van der Waals surface area contributed by atoms with Crippen LogP contribution >= 0.6 is 0 Å². The van der Waals surface area contributed by atoms with E-state index in [-0.39, 0.29) is 0 Å². The number of rotatable bonds is 22. The van der Waals surface area contributed by atoms with E-state index in [0.717, 1.165) is 116 Å². The van der Waals surface area contributed by atoms with Gasteiger partial charge in [-0.2, -0.15) is 31.0 Å². The van der Waals surface area contributed by atoms with Gasteiger partial charge in [0.15, 0.2) is 5.82 Å². The molecule has 1 heterocycles. The molecule has 0 N–H and O–H groups in total. The van der Waals surface area contributed by atoms with Crippen LogP contribution in [0.5, 0.6) is 11.5 Å². The first kappa shape index (κ1) is 42.2. The number of nitrogens with zero attached hydrogens (tertiary/aromatic N) is 9. The van der Waals surface area contributed by atoms with Crippen LogP contribution in [0.15, 0.2) is 148 Å². The molecule has 0 atom stereocenters. The van der Waals surface area contributed by atoms with Crippen molar-refractivity contribution in [3.8, 4) is 35.0 Å². The highest BCUT2D eigenvalue weighted by atomic mass is 16.5. The van der Waals surface area contributed by atoms with Gasteiger partial charge >= 0.3 is 0 Å². The fraction of sp³-hybridized carbons (Fsp3) is 0.245. The smallest absolute Gasteiger partial charge is 0.163 e. The summed E-state index contributed by atoms with van der Waals surface area (Å²) in [5.41, 5.74) is 6.06. The normalized spacial score (nSPS) is 11.0. The molecule has 6 aromatic rings. The molecule has 0 amide bonds. The fourth-order valence-electron chi connectivity index (χ4n) is 6.10. The van der Waals surface area contributed by atoms with Crippen LogP contribution in [-0.2, 0) is 12.8 Å². The molecule has 0 fully saturated rings. The molecular weight excluding hydrogens is 747 g/mol. The van der Waals surface area contributed by atoms with E-state index in [1.165, 1.54) is 0 Å². The van der Waals surface area contributed by atoms with Gasteiger partial charge in [0.1, 0.15) is 23.1 Å². The molecule has 5 aromatic carbocycles. The Morgan fingerprint density at radius 2 is 0.850 bits per heavy atom. The van der Waals surface area contributed by atoms with Gasteiger partial charge in [-0.1, -0.05) is 62.6 Å². The Kier molecular flexibility index (Phi) is 16.3. The minimum absolute atomic E-state index is 0.592. The van der Waals surface area contributed by atoms with Crippen molar-refractivity contribution < 1.29 is 9.47 Å². The van der Waals surface area contributed by atoms with E-state index in [1.54, 1.807) is 48.5 Å². The molecule has 0 spiro atoms. The molecule has 0 aliphatic rings. The Bertz CT molecular complexity index is 2260. The second-order valence-electron chi connectivity index (χ2n) is 14.0. The number of unbranched alkanes of at least 4 members (excludes halogenated alkanes) is 6. The first-order valence-corrected chi connectivity index (χ1v) is 20.3. The summed E-state index contributed by atoms with van der Waals surface area (Å²) < 4.78 is 11.9. The predicted molar refractivity (Wildman–Crippen MR) is 234 cm³/mol. The zero-order valence-corrected chi connectivity index (χ0v) is 33.7. The Morgan fingerprint density at radius 3 is 1.23 bits per heavy atom. The fourth-order valence-corrected chi connectivity index (χ4v) is 6.10. The minimum Gasteiger partial charge on any atom is -0.494 e. The highest BCUT2D eigenvalue weighted by molar-refractivity contribution is 5.59. The molecule has 11 nitrogen and oxygen atoms in total. The Hall–Kier alpha value is -7.37. The number of hydrogen-bond donors (Lipinski definition) is 0. The van der Waals surface area contributed by atoms with Gasteiger partial charge in [-0.05, 0) is 128 Å². The number of nitriles is 2. The highest BCUT2D eigenvalue weighted by Crippen LogP contribution is 2.24. The molecule has 0 saturated carbocycles. The molecule has 11 heteroatoms. The number of aromatic nitrogens is 3. The molecule has 0 aliphatic heterocycles. The number of benzene rings is 5. The van der Waals surface area contributed by atoms with Gasteiger partial charge in [0, 0.05) is 18.4 Å². The number of hydrogen-bond acceptors (Lipinski definition) is 11. The van der Waals surface area contributed by atoms with Crippen LogP contribution in [0.3, 0.4) is 0 Å². The molecule has 0 bridgehead atoms. The third kappa shape index (κ3) is 13.9. The van der Waals surface area contributed by atoms with Crippen LogP contribution in [0.1, 0.15) is 79.7 Å². The van der Waals surface area contributed by atoms with E-state index in [0.29, 0.717) is 35.7 Å². The number of aryl methyl sites for hydroxylation is 2. The third-order valence-electron chi connectivity index (χ3n) is 9.49. The van der Waals surface area contributed by atoms with Gasteiger partial charge in [0.25, 0.3) is 0 Å². The van der Waals surface area contributed by atoms with Crippen LogP contribution in [-0.4, -0.2) is 28.2 Å². The molecule has 0 radical (unpaired) electrons. The van der Waals surface area contributed by atoms with Crippen molar-refractivity contribution in [1.82, 2.24) is 15.0 Å². The molecule has 0 unspecified atom stereocenters. The summed E-state index contributed by atoms with van der Waals surface area (Å²) in [5.74, 6) is 4.00. The first-order valence-electron chi connectivity index (χ1n) is 20.3. The second-order valence-corrected chi connectivity index (χ2v) is 14.0. The van der Waals surface area contributed by atoms with Crippen LogP contribution in [0.2, 0.25) is 0 Å². The van der Waals surface area contributed by atoms with Crippen LogP contribution in [0, 0.1) is 22.7 Å². The molecule has 0 aliphatic carbocycles. The molecule has 1 aromatic heterocycles. The van der Waals surface area contributed by atoms with Crippen LogP contribution < -0.4 is 9.47 Å². The summed E-state index contributed by atoms with van der Waals surface area (Å²) in [6.07, 6.45) is 11.5. The van der Waals surface area contributed by atoms with Crippen molar-refractivity contribution in [1.29, 1.82) is 10.5 Å². The van der Waals surface area contributed by atoms with Crippen molar-refractivity contribution in [2.75, 3.05) is 13.2 Å². The highest BCUT2D eigenvalue weighted by Gasteiger charge is 2.10. The summed E-state index contributed by atoms with van der Waals surface area (Å²) >= 11 is 0. The van der Waals surface area contributed by atoms with E-state index in [1.807, 2.05) is 78.9 Å². The van der Waals surface area contributed by atoms with Gasteiger partial charge in [0.05, 0.1) is 59.2 Å². The van der Waals surface area contributed by atoms with E-state index in [2.05, 4.69) is 39.2 Å². The summed E-state index contributed by atoms with van der Waals surface area (Å²) in [7, 11) is 0.